The van der Waals surface area contributed by atoms with Crippen molar-refractivity contribution in [1.82, 2.24) is 0 Å². The molecule has 0 saturated heterocycles. The molecule has 1 aromatic carbocycles. The third kappa shape index (κ3) is 3.39. The standard InChI is InChI=1S/C13H13FO2/c1-2-3-4-5-6-10-7-8-11(13(15)16)12(14)9-10/h1,7-9H,3-6H2,(H,15,16). The molecular formula is C13H13FO2. The zero-order valence-electron chi connectivity index (χ0n) is 8.87. The van der Waals surface area contributed by atoms with Gasteiger partial charge in [0.25, 0.3) is 0 Å². The molecule has 0 fully saturated rings. The van der Waals surface area contributed by atoms with Gasteiger partial charge in [-0.2, -0.15) is 0 Å². The summed E-state index contributed by atoms with van der Waals surface area (Å²) in [5, 5.41) is 8.64. The number of aryl methyl sites for hydroxylation is 1. The minimum absolute atomic E-state index is 0.285. The maximum atomic E-state index is 13.3. The van der Waals surface area contributed by atoms with E-state index in [2.05, 4.69) is 5.92 Å². The van der Waals surface area contributed by atoms with Crippen LogP contribution in [0.15, 0.2) is 18.2 Å². The van der Waals surface area contributed by atoms with Gasteiger partial charge in [0.05, 0.1) is 5.56 Å². The van der Waals surface area contributed by atoms with E-state index in [1.807, 2.05) is 0 Å². The summed E-state index contributed by atoms with van der Waals surface area (Å²) in [6.45, 7) is 0. The molecule has 16 heavy (non-hydrogen) atoms. The van der Waals surface area contributed by atoms with E-state index in [4.69, 9.17) is 11.5 Å². The molecule has 0 bridgehead atoms. The smallest absolute Gasteiger partial charge is 0.338 e. The number of carboxylic acids is 1. The van der Waals surface area contributed by atoms with Crippen molar-refractivity contribution in [3.05, 3.63) is 35.1 Å². The first kappa shape index (κ1) is 12.3. The predicted molar refractivity (Wildman–Crippen MR) is 59.7 cm³/mol. The second kappa shape index (κ2) is 5.92. The van der Waals surface area contributed by atoms with Gasteiger partial charge >= 0.3 is 5.97 Å². The molecule has 0 heterocycles. The Morgan fingerprint density at radius 3 is 2.75 bits per heavy atom. The van der Waals surface area contributed by atoms with E-state index in [9.17, 15) is 9.18 Å². The molecule has 0 unspecified atom stereocenters. The van der Waals surface area contributed by atoms with Crippen molar-refractivity contribution in [3.63, 3.8) is 0 Å². The normalized spacial score (nSPS) is 9.75. The van der Waals surface area contributed by atoms with Crippen molar-refractivity contribution >= 4 is 5.97 Å². The molecule has 0 aliphatic carbocycles. The Morgan fingerprint density at radius 1 is 1.44 bits per heavy atom. The molecule has 1 aromatic rings. The lowest BCUT2D eigenvalue weighted by Crippen LogP contribution is -2.01. The summed E-state index contributed by atoms with van der Waals surface area (Å²) in [6, 6.07) is 4.22. The van der Waals surface area contributed by atoms with Crippen molar-refractivity contribution in [3.8, 4) is 12.3 Å². The lowest BCUT2D eigenvalue weighted by atomic mass is 10.0. The summed E-state index contributed by atoms with van der Waals surface area (Å²) >= 11 is 0. The molecule has 0 amide bonds. The Labute approximate surface area is 94.1 Å². The Morgan fingerprint density at radius 2 is 2.19 bits per heavy atom. The van der Waals surface area contributed by atoms with E-state index in [0.717, 1.165) is 31.2 Å². The molecular weight excluding hydrogens is 207 g/mol. The van der Waals surface area contributed by atoms with Crippen molar-refractivity contribution in [1.29, 1.82) is 0 Å². The molecule has 0 radical (unpaired) electrons. The number of hydrogen-bond donors (Lipinski definition) is 1. The second-order valence-electron chi connectivity index (χ2n) is 3.53. The van der Waals surface area contributed by atoms with Gasteiger partial charge in [-0.15, -0.1) is 12.3 Å². The van der Waals surface area contributed by atoms with Crippen LogP contribution in [0, 0.1) is 18.2 Å². The highest BCUT2D eigenvalue weighted by atomic mass is 19.1. The number of rotatable bonds is 5. The number of carboxylic acid groups (broad SMARTS) is 1. The average molecular weight is 220 g/mol. The third-order valence-corrected chi connectivity index (χ3v) is 2.30. The predicted octanol–water partition coefficient (Wildman–Crippen LogP) is 2.87. The Kier molecular flexibility index (Phi) is 4.53. The van der Waals surface area contributed by atoms with Gasteiger partial charge in [-0.25, -0.2) is 9.18 Å². The van der Waals surface area contributed by atoms with Crippen molar-refractivity contribution in [2.75, 3.05) is 0 Å². The van der Waals surface area contributed by atoms with Crippen LogP contribution in [0.3, 0.4) is 0 Å². The number of terminal acetylenes is 1. The van der Waals surface area contributed by atoms with E-state index in [1.54, 1.807) is 6.07 Å². The maximum Gasteiger partial charge on any atom is 0.338 e. The van der Waals surface area contributed by atoms with Gasteiger partial charge in [-0.3, -0.25) is 0 Å². The van der Waals surface area contributed by atoms with Gasteiger partial charge in [0.1, 0.15) is 5.82 Å². The van der Waals surface area contributed by atoms with Crippen LogP contribution in [-0.4, -0.2) is 11.1 Å². The summed E-state index contributed by atoms with van der Waals surface area (Å²) in [4.78, 5) is 10.6. The molecule has 2 nitrogen and oxygen atoms in total. The van der Waals surface area contributed by atoms with E-state index >= 15 is 0 Å². The molecule has 0 saturated carbocycles. The van der Waals surface area contributed by atoms with Gasteiger partial charge < -0.3 is 5.11 Å². The van der Waals surface area contributed by atoms with E-state index in [0.29, 0.717) is 0 Å². The van der Waals surface area contributed by atoms with Crippen LogP contribution in [0.4, 0.5) is 4.39 Å². The molecule has 0 aromatic heterocycles. The van der Waals surface area contributed by atoms with Gasteiger partial charge in [0.15, 0.2) is 0 Å². The minimum atomic E-state index is -1.24. The highest BCUT2D eigenvalue weighted by molar-refractivity contribution is 5.87. The number of unbranched alkanes of at least 4 members (excludes halogenated alkanes) is 2. The van der Waals surface area contributed by atoms with Gasteiger partial charge in [0, 0.05) is 6.42 Å². The number of hydrogen-bond acceptors (Lipinski definition) is 1. The van der Waals surface area contributed by atoms with E-state index in [1.165, 1.54) is 12.1 Å². The van der Waals surface area contributed by atoms with Crippen LogP contribution in [0.25, 0.3) is 0 Å². The molecule has 3 heteroatoms. The summed E-state index contributed by atoms with van der Waals surface area (Å²) in [6.07, 6.45) is 8.34. The quantitative estimate of drug-likeness (QED) is 0.612. The zero-order valence-corrected chi connectivity index (χ0v) is 8.87. The molecule has 0 spiro atoms. The second-order valence-corrected chi connectivity index (χ2v) is 3.53. The summed E-state index contributed by atoms with van der Waals surface area (Å²) in [7, 11) is 0. The van der Waals surface area contributed by atoms with Gasteiger partial charge in [-0.05, 0) is 37.0 Å². The maximum absolute atomic E-state index is 13.3. The molecule has 84 valence electrons. The Bertz CT molecular complexity index is 418. The first-order chi connectivity index (χ1) is 7.65. The van der Waals surface area contributed by atoms with E-state index < -0.39 is 11.8 Å². The summed E-state index contributed by atoms with van der Waals surface area (Å²) in [5.41, 5.74) is 0.520. The van der Waals surface area contributed by atoms with Crippen molar-refractivity contribution in [2.45, 2.75) is 25.7 Å². The fourth-order valence-electron chi connectivity index (χ4n) is 1.44. The average Bonchev–Trinajstić information content (AvgIpc) is 2.24. The zero-order chi connectivity index (χ0) is 12.0. The fourth-order valence-corrected chi connectivity index (χ4v) is 1.44. The molecule has 1 N–H and O–H groups in total. The molecule has 0 aliphatic heterocycles. The summed E-state index contributed by atoms with van der Waals surface area (Å²) in [5.74, 6) is 0.619. The lowest BCUT2D eigenvalue weighted by molar-refractivity contribution is 0.0692. The number of benzene rings is 1. The van der Waals surface area contributed by atoms with Crippen LogP contribution in [0.5, 0.6) is 0 Å². The van der Waals surface area contributed by atoms with Crippen LogP contribution >= 0.6 is 0 Å². The van der Waals surface area contributed by atoms with Crippen molar-refractivity contribution in [2.24, 2.45) is 0 Å². The van der Waals surface area contributed by atoms with Crippen LogP contribution in [-0.2, 0) is 6.42 Å². The monoisotopic (exact) mass is 220 g/mol. The lowest BCUT2D eigenvalue weighted by Gasteiger charge is -2.02. The SMILES string of the molecule is C#CCCCCc1ccc(C(=O)O)c(F)c1. The number of halogens is 1. The number of carbonyl (C=O) groups is 1. The largest absolute Gasteiger partial charge is 0.478 e. The highest BCUT2D eigenvalue weighted by Gasteiger charge is 2.09. The molecule has 1 rings (SSSR count). The van der Waals surface area contributed by atoms with Gasteiger partial charge in [-0.1, -0.05) is 6.07 Å². The van der Waals surface area contributed by atoms with Crippen LogP contribution in [0.2, 0.25) is 0 Å². The topological polar surface area (TPSA) is 37.3 Å². The first-order valence-electron chi connectivity index (χ1n) is 5.10. The highest BCUT2D eigenvalue weighted by Crippen LogP contribution is 2.13. The van der Waals surface area contributed by atoms with Crippen LogP contribution in [0.1, 0.15) is 35.2 Å². The minimum Gasteiger partial charge on any atom is -0.478 e. The van der Waals surface area contributed by atoms with E-state index in [-0.39, 0.29) is 5.56 Å². The Hall–Kier alpha value is -1.82. The van der Waals surface area contributed by atoms with Crippen molar-refractivity contribution < 1.29 is 14.3 Å². The first-order valence-corrected chi connectivity index (χ1v) is 5.10. The third-order valence-electron chi connectivity index (χ3n) is 2.30. The Balaban J connectivity index is 2.60. The number of aromatic carboxylic acids is 1. The summed E-state index contributed by atoms with van der Waals surface area (Å²) < 4.78 is 13.3. The van der Waals surface area contributed by atoms with Gasteiger partial charge in [0.2, 0.25) is 0 Å². The molecule has 0 atom stereocenters. The fraction of sp³-hybridized carbons (Fsp3) is 0.308. The van der Waals surface area contributed by atoms with Crippen LogP contribution < -0.4 is 0 Å². The molecule has 0 aliphatic rings.